The van der Waals surface area contributed by atoms with E-state index in [-0.39, 0.29) is 12.2 Å². The van der Waals surface area contributed by atoms with E-state index >= 15 is 0 Å². The van der Waals surface area contributed by atoms with Crippen LogP contribution in [0.15, 0.2) is 100 Å². The average molecular weight is 624 g/mol. The van der Waals surface area contributed by atoms with Gasteiger partial charge in [-0.25, -0.2) is 9.79 Å². The molecular formula is C35H30ClN3O4S. The second-order valence-electron chi connectivity index (χ2n) is 10.3. The highest BCUT2D eigenvalue weighted by molar-refractivity contribution is 7.07. The van der Waals surface area contributed by atoms with Crippen LogP contribution in [0.2, 0.25) is 5.02 Å². The molecule has 0 amide bonds. The van der Waals surface area contributed by atoms with Crippen molar-refractivity contribution in [3.8, 4) is 11.4 Å². The van der Waals surface area contributed by atoms with Crippen LogP contribution in [-0.4, -0.2) is 28.8 Å². The summed E-state index contributed by atoms with van der Waals surface area (Å²) < 4.78 is 15.2. The van der Waals surface area contributed by atoms with Gasteiger partial charge in [-0.15, -0.1) is 0 Å². The summed E-state index contributed by atoms with van der Waals surface area (Å²) in [6.07, 6.45) is 1.90. The number of esters is 1. The number of aromatic nitrogens is 2. The van der Waals surface area contributed by atoms with Crippen molar-refractivity contribution in [1.82, 2.24) is 9.13 Å². The van der Waals surface area contributed by atoms with E-state index < -0.39 is 12.0 Å². The highest BCUT2D eigenvalue weighted by atomic mass is 35.5. The molecule has 1 aliphatic heterocycles. The molecule has 3 aromatic carbocycles. The topological polar surface area (TPSA) is 74.8 Å². The minimum Gasteiger partial charge on any atom is -0.497 e. The van der Waals surface area contributed by atoms with Gasteiger partial charge in [0.2, 0.25) is 0 Å². The van der Waals surface area contributed by atoms with Gasteiger partial charge < -0.3 is 14.0 Å². The van der Waals surface area contributed by atoms with E-state index in [1.807, 2.05) is 98.8 Å². The van der Waals surface area contributed by atoms with Crippen molar-refractivity contribution in [1.29, 1.82) is 0 Å². The van der Waals surface area contributed by atoms with Crippen molar-refractivity contribution in [2.45, 2.75) is 26.8 Å². The first-order valence-electron chi connectivity index (χ1n) is 14.2. The number of halogens is 1. The number of benzene rings is 3. The Kier molecular flexibility index (Phi) is 8.12. The fourth-order valence-electron chi connectivity index (χ4n) is 5.63. The van der Waals surface area contributed by atoms with Crippen LogP contribution < -0.4 is 19.6 Å². The van der Waals surface area contributed by atoms with E-state index in [2.05, 4.69) is 10.6 Å². The average Bonchev–Trinajstić information content (AvgIpc) is 3.50. The van der Waals surface area contributed by atoms with Crippen LogP contribution in [0.4, 0.5) is 0 Å². The van der Waals surface area contributed by atoms with Crippen molar-refractivity contribution in [3.63, 3.8) is 0 Å². The van der Waals surface area contributed by atoms with Gasteiger partial charge in [-0.1, -0.05) is 71.5 Å². The maximum Gasteiger partial charge on any atom is 0.338 e. The first-order valence-corrected chi connectivity index (χ1v) is 15.4. The Bertz CT molecular complexity index is 2090. The highest BCUT2D eigenvalue weighted by Crippen LogP contribution is 2.35. The summed E-state index contributed by atoms with van der Waals surface area (Å²) >= 11 is 7.59. The number of rotatable bonds is 7. The second kappa shape index (κ2) is 12.1. The molecule has 5 aromatic rings. The quantitative estimate of drug-likeness (QED) is 0.208. The number of hydrogen-bond donors (Lipinski definition) is 0. The third kappa shape index (κ3) is 5.31. The standard InChI is InChI=1S/C35H30ClN3O4S/c1-5-43-34(41)30-31(23-10-7-6-8-11-23)37-35-39(32(30)24-14-16-28(42-4)17-15-24)33(40)29(44-35)19-25-18-21(2)38(22(25)3)27-13-9-12-26(36)20-27/h6-20,32H,5H2,1-4H3/b29-19+/t32-/m1/s1. The highest BCUT2D eigenvalue weighted by Gasteiger charge is 2.35. The van der Waals surface area contributed by atoms with Gasteiger partial charge in [0.05, 0.1) is 35.6 Å². The lowest BCUT2D eigenvalue weighted by atomic mass is 9.93. The summed E-state index contributed by atoms with van der Waals surface area (Å²) in [4.78, 5) is 33.4. The summed E-state index contributed by atoms with van der Waals surface area (Å²) in [7, 11) is 1.60. The van der Waals surface area contributed by atoms with Crippen molar-refractivity contribution >= 4 is 40.7 Å². The maximum atomic E-state index is 14.3. The Balaban J connectivity index is 1.60. The lowest BCUT2D eigenvalue weighted by molar-refractivity contribution is -0.138. The zero-order valence-electron chi connectivity index (χ0n) is 24.7. The summed E-state index contributed by atoms with van der Waals surface area (Å²) in [6, 6.07) is 25.9. The van der Waals surface area contributed by atoms with E-state index in [0.717, 1.165) is 33.8 Å². The number of carbonyl (C=O) groups excluding carboxylic acids is 1. The van der Waals surface area contributed by atoms with Gasteiger partial charge in [0.1, 0.15) is 5.75 Å². The van der Waals surface area contributed by atoms with Gasteiger partial charge in [-0.05, 0) is 74.4 Å². The summed E-state index contributed by atoms with van der Waals surface area (Å²) in [5, 5.41) is 0.648. The molecule has 2 aromatic heterocycles. The lowest BCUT2D eigenvalue weighted by Crippen LogP contribution is -2.40. The van der Waals surface area contributed by atoms with Crippen LogP contribution in [0, 0.1) is 13.8 Å². The summed E-state index contributed by atoms with van der Waals surface area (Å²) in [5.41, 5.74) is 5.88. The van der Waals surface area contributed by atoms with Crippen LogP contribution in [-0.2, 0) is 9.53 Å². The fraction of sp³-hybridized carbons (Fsp3) is 0.171. The molecule has 7 nitrogen and oxygen atoms in total. The molecule has 0 N–H and O–H groups in total. The SMILES string of the molecule is CCOC(=O)C1=C(c2ccccc2)N=c2s/c(=C/c3cc(C)n(-c4cccc(Cl)c4)c3C)c(=O)n2[C@@H]1c1ccc(OC)cc1. The largest absolute Gasteiger partial charge is 0.497 e. The van der Waals surface area contributed by atoms with Crippen molar-refractivity contribution in [3.05, 3.63) is 143 Å². The molecule has 222 valence electrons. The van der Waals surface area contributed by atoms with E-state index in [9.17, 15) is 9.59 Å². The monoisotopic (exact) mass is 623 g/mol. The minimum absolute atomic E-state index is 0.187. The Morgan fingerprint density at radius 3 is 2.45 bits per heavy atom. The van der Waals surface area contributed by atoms with Crippen molar-refractivity contribution < 1.29 is 14.3 Å². The number of thiazole rings is 1. The molecule has 0 bridgehead atoms. The molecule has 0 saturated carbocycles. The van der Waals surface area contributed by atoms with Gasteiger partial charge >= 0.3 is 5.97 Å². The molecule has 9 heteroatoms. The molecular weight excluding hydrogens is 594 g/mol. The molecule has 1 aliphatic rings. The third-order valence-corrected chi connectivity index (χ3v) is 8.85. The van der Waals surface area contributed by atoms with Gasteiger partial charge in [-0.3, -0.25) is 9.36 Å². The maximum absolute atomic E-state index is 14.3. The van der Waals surface area contributed by atoms with Crippen LogP contribution in [0.1, 0.15) is 41.0 Å². The number of ether oxygens (including phenoxy) is 2. The minimum atomic E-state index is -0.757. The van der Waals surface area contributed by atoms with Gasteiger partial charge in [0.15, 0.2) is 4.80 Å². The molecule has 1 atom stereocenters. The molecule has 3 heterocycles. The number of carbonyl (C=O) groups is 1. The smallest absolute Gasteiger partial charge is 0.338 e. The molecule has 0 radical (unpaired) electrons. The molecule has 0 aliphatic carbocycles. The van der Waals surface area contributed by atoms with Gasteiger partial charge in [0.25, 0.3) is 5.56 Å². The second-order valence-corrected chi connectivity index (χ2v) is 11.8. The zero-order chi connectivity index (χ0) is 31.0. The molecule has 0 spiro atoms. The van der Waals surface area contributed by atoms with Crippen molar-refractivity contribution in [2.75, 3.05) is 13.7 Å². The fourth-order valence-corrected chi connectivity index (χ4v) is 6.81. The summed E-state index contributed by atoms with van der Waals surface area (Å²) in [5.74, 6) is 0.149. The van der Waals surface area contributed by atoms with E-state index in [0.29, 0.717) is 31.4 Å². The van der Waals surface area contributed by atoms with Crippen LogP contribution in [0.25, 0.3) is 17.5 Å². The number of hydrogen-bond acceptors (Lipinski definition) is 6. The molecule has 6 rings (SSSR count). The van der Waals surface area contributed by atoms with E-state index in [1.54, 1.807) is 18.6 Å². The number of fused-ring (bicyclic) bond motifs is 1. The molecule has 44 heavy (non-hydrogen) atoms. The van der Waals surface area contributed by atoms with Gasteiger partial charge in [-0.2, -0.15) is 0 Å². The molecule has 0 unspecified atom stereocenters. The Morgan fingerprint density at radius 2 is 1.77 bits per heavy atom. The first-order chi connectivity index (χ1) is 21.3. The Labute approximate surface area is 263 Å². The van der Waals surface area contributed by atoms with E-state index in [4.69, 9.17) is 26.1 Å². The number of nitrogens with zero attached hydrogens (tertiary/aromatic N) is 3. The Hall–Kier alpha value is -4.66. The van der Waals surface area contributed by atoms with Crippen LogP contribution >= 0.6 is 22.9 Å². The number of methoxy groups -OCH3 is 1. The Morgan fingerprint density at radius 1 is 1.02 bits per heavy atom. The predicted octanol–water partition coefficient (Wildman–Crippen LogP) is 6.01. The first kappa shape index (κ1) is 29.4. The number of aryl methyl sites for hydroxylation is 1. The van der Waals surface area contributed by atoms with Crippen LogP contribution in [0.5, 0.6) is 5.75 Å². The summed E-state index contributed by atoms with van der Waals surface area (Å²) in [6.45, 7) is 5.99. The molecule has 0 saturated heterocycles. The lowest BCUT2D eigenvalue weighted by Gasteiger charge is -2.26. The molecule has 0 fully saturated rings. The van der Waals surface area contributed by atoms with Crippen molar-refractivity contribution in [2.24, 2.45) is 4.99 Å². The zero-order valence-corrected chi connectivity index (χ0v) is 26.3. The third-order valence-electron chi connectivity index (χ3n) is 7.63. The van der Waals surface area contributed by atoms with Crippen LogP contribution in [0.3, 0.4) is 0 Å². The van der Waals surface area contributed by atoms with E-state index in [1.165, 1.54) is 11.3 Å². The van der Waals surface area contributed by atoms with Gasteiger partial charge in [0, 0.05) is 27.7 Å². The predicted molar refractivity (Wildman–Crippen MR) is 174 cm³/mol. The normalized spacial score (nSPS) is 14.8.